The van der Waals surface area contributed by atoms with Crippen LogP contribution in [0.5, 0.6) is 5.75 Å². The monoisotopic (exact) mass is 246 g/mol. The van der Waals surface area contributed by atoms with Gasteiger partial charge in [0.25, 0.3) is 0 Å². The molecule has 0 aromatic heterocycles. The van der Waals surface area contributed by atoms with Crippen LogP contribution in [0.4, 0.5) is 0 Å². The molecule has 0 aliphatic rings. The second-order valence-corrected chi connectivity index (χ2v) is 4.50. The molecule has 0 saturated heterocycles. The van der Waals surface area contributed by atoms with E-state index in [1.54, 1.807) is 0 Å². The molecule has 0 saturated carbocycles. The van der Waals surface area contributed by atoms with Crippen LogP contribution in [0.3, 0.4) is 0 Å². The fourth-order valence-electron chi connectivity index (χ4n) is 1.93. The Morgan fingerprint density at radius 1 is 1.12 bits per heavy atom. The molecule has 0 spiro atoms. The van der Waals surface area contributed by atoms with Crippen molar-refractivity contribution >= 4 is 11.6 Å². The van der Waals surface area contributed by atoms with Gasteiger partial charge in [0.2, 0.25) is 0 Å². The lowest BCUT2D eigenvalue weighted by atomic mass is 10.00. The molecule has 2 heteroatoms. The molecule has 0 radical (unpaired) electrons. The van der Waals surface area contributed by atoms with Gasteiger partial charge in [-0.05, 0) is 29.7 Å². The molecule has 2 rings (SSSR count). The van der Waals surface area contributed by atoms with Crippen LogP contribution >= 0.6 is 11.6 Å². The van der Waals surface area contributed by atoms with Crippen LogP contribution in [-0.2, 0) is 6.42 Å². The van der Waals surface area contributed by atoms with E-state index in [1.165, 1.54) is 0 Å². The number of hydrogen-bond donors (Lipinski definition) is 1. The number of rotatable bonds is 3. The SMILES string of the molecule is CCCc1cc(Cl)c(O)c(-c2ccccc2)c1. The summed E-state index contributed by atoms with van der Waals surface area (Å²) in [6, 6.07) is 13.7. The zero-order valence-electron chi connectivity index (χ0n) is 9.78. The van der Waals surface area contributed by atoms with E-state index in [0.29, 0.717) is 5.02 Å². The normalized spacial score (nSPS) is 10.5. The quantitative estimate of drug-likeness (QED) is 0.835. The third-order valence-corrected chi connectivity index (χ3v) is 3.03. The van der Waals surface area contributed by atoms with E-state index in [4.69, 9.17) is 11.6 Å². The minimum Gasteiger partial charge on any atom is -0.506 e. The van der Waals surface area contributed by atoms with Crippen LogP contribution in [0.15, 0.2) is 42.5 Å². The van der Waals surface area contributed by atoms with Gasteiger partial charge in [0.1, 0.15) is 5.75 Å². The standard InChI is InChI=1S/C15H15ClO/c1-2-6-11-9-13(15(17)14(16)10-11)12-7-4-3-5-8-12/h3-5,7-10,17H,2,6H2,1H3. The first-order valence-corrected chi connectivity index (χ1v) is 6.17. The maximum absolute atomic E-state index is 10.0. The summed E-state index contributed by atoms with van der Waals surface area (Å²) in [6.45, 7) is 2.13. The topological polar surface area (TPSA) is 20.2 Å². The molecule has 17 heavy (non-hydrogen) atoms. The van der Waals surface area contributed by atoms with Crippen molar-refractivity contribution in [3.05, 3.63) is 53.1 Å². The fraction of sp³-hybridized carbons (Fsp3) is 0.200. The summed E-state index contributed by atoms with van der Waals surface area (Å²) < 4.78 is 0. The molecule has 88 valence electrons. The van der Waals surface area contributed by atoms with E-state index in [2.05, 4.69) is 6.92 Å². The molecule has 1 N–H and O–H groups in total. The predicted molar refractivity (Wildman–Crippen MR) is 72.5 cm³/mol. The van der Waals surface area contributed by atoms with Crippen molar-refractivity contribution in [2.45, 2.75) is 19.8 Å². The maximum atomic E-state index is 10.0. The van der Waals surface area contributed by atoms with Gasteiger partial charge >= 0.3 is 0 Å². The predicted octanol–water partition coefficient (Wildman–Crippen LogP) is 4.67. The summed E-state index contributed by atoms with van der Waals surface area (Å²) in [4.78, 5) is 0. The van der Waals surface area contributed by atoms with Crippen molar-refractivity contribution in [1.29, 1.82) is 0 Å². The van der Waals surface area contributed by atoms with E-state index in [9.17, 15) is 5.11 Å². The number of phenolic OH excluding ortho intramolecular Hbond substituents is 1. The van der Waals surface area contributed by atoms with Crippen LogP contribution in [0.25, 0.3) is 11.1 Å². The average Bonchev–Trinajstić information content (AvgIpc) is 2.35. The molecule has 0 fully saturated rings. The van der Waals surface area contributed by atoms with Crippen LogP contribution in [0, 0.1) is 0 Å². The Bertz CT molecular complexity index is 506. The highest BCUT2D eigenvalue weighted by Gasteiger charge is 2.09. The molecule has 0 aliphatic heterocycles. The van der Waals surface area contributed by atoms with Gasteiger partial charge in [-0.1, -0.05) is 55.3 Å². The highest BCUT2D eigenvalue weighted by molar-refractivity contribution is 6.32. The number of aromatic hydroxyl groups is 1. The molecule has 0 unspecified atom stereocenters. The minimum absolute atomic E-state index is 0.165. The van der Waals surface area contributed by atoms with Crippen molar-refractivity contribution in [2.75, 3.05) is 0 Å². The van der Waals surface area contributed by atoms with Crippen LogP contribution < -0.4 is 0 Å². The maximum Gasteiger partial charge on any atom is 0.142 e. The second kappa shape index (κ2) is 5.24. The van der Waals surface area contributed by atoms with Crippen molar-refractivity contribution in [2.24, 2.45) is 0 Å². The fourth-order valence-corrected chi connectivity index (χ4v) is 2.17. The Kier molecular flexibility index (Phi) is 3.70. The summed E-state index contributed by atoms with van der Waals surface area (Å²) >= 11 is 6.05. The van der Waals surface area contributed by atoms with Crippen molar-refractivity contribution in [3.63, 3.8) is 0 Å². The van der Waals surface area contributed by atoms with E-state index in [0.717, 1.165) is 29.5 Å². The number of benzene rings is 2. The van der Waals surface area contributed by atoms with Crippen LogP contribution in [0.1, 0.15) is 18.9 Å². The number of hydrogen-bond acceptors (Lipinski definition) is 1. The number of aryl methyl sites for hydroxylation is 1. The van der Waals surface area contributed by atoms with Crippen molar-refractivity contribution in [3.8, 4) is 16.9 Å². The molecule has 0 heterocycles. The second-order valence-electron chi connectivity index (χ2n) is 4.09. The Balaban J connectivity index is 2.53. The molecule has 0 bridgehead atoms. The minimum atomic E-state index is 0.165. The molecule has 1 nitrogen and oxygen atoms in total. The summed E-state index contributed by atoms with van der Waals surface area (Å²) in [5.74, 6) is 0.165. The average molecular weight is 247 g/mol. The smallest absolute Gasteiger partial charge is 0.142 e. The van der Waals surface area contributed by atoms with E-state index in [-0.39, 0.29) is 5.75 Å². The summed E-state index contributed by atoms with van der Waals surface area (Å²) in [5.41, 5.74) is 2.96. The van der Waals surface area contributed by atoms with Gasteiger partial charge in [-0.3, -0.25) is 0 Å². The molecule has 0 amide bonds. The molecular formula is C15H15ClO. The zero-order chi connectivity index (χ0) is 12.3. The third kappa shape index (κ3) is 2.62. The first kappa shape index (κ1) is 12.0. The molecule has 2 aromatic carbocycles. The van der Waals surface area contributed by atoms with Gasteiger partial charge in [-0.25, -0.2) is 0 Å². The Morgan fingerprint density at radius 3 is 2.47 bits per heavy atom. The summed E-state index contributed by atoms with van der Waals surface area (Å²) in [5, 5.41) is 10.4. The zero-order valence-corrected chi connectivity index (χ0v) is 10.5. The van der Waals surface area contributed by atoms with Gasteiger partial charge in [0.15, 0.2) is 0 Å². The first-order valence-electron chi connectivity index (χ1n) is 5.79. The largest absolute Gasteiger partial charge is 0.506 e. The third-order valence-electron chi connectivity index (χ3n) is 2.75. The van der Waals surface area contributed by atoms with Gasteiger partial charge in [-0.15, -0.1) is 0 Å². The lowest BCUT2D eigenvalue weighted by molar-refractivity contribution is 0.477. The first-order chi connectivity index (χ1) is 8.22. The summed E-state index contributed by atoms with van der Waals surface area (Å²) in [7, 11) is 0. The van der Waals surface area contributed by atoms with Gasteiger partial charge in [-0.2, -0.15) is 0 Å². The molecular weight excluding hydrogens is 232 g/mol. The van der Waals surface area contributed by atoms with E-state index >= 15 is 0 Å². The lowest BCUT2D eigenvalue weighted by Crippen LogP contribution is -1.87. The highest BCUT2D eigenvalue weighted by atomic mass is 35.5. The Labute approximate surface area is 107 Å². The van der Waals surface area contributed by atoms with Gasteiger partial charge in [0, 0.05) is 5.56 Å². The number of phenols is 1. The number of halogens is 1. The Hall–Kier alpha value is -1.47. The highest BCUT2D eigenvalue weighted by Crippen LogP contribution is 2.36. The van der Waals surface area contributed by atoms with E-state index in [1.807, 2.05) is 42.5 Å². The van der Waals surface area contributed by atoms with Gasteiger partial charge < -0.3 is 5.11 Å². The molecule has 0 aliphatic carbocycles. The lowest BCUT2D eigenvalue weighted by Gasteiger charge is -2.09. The molecule has 0 atom stereocenters. The van der Waals surface area contributed by atoms with Crippen LogP contribution in [0.2, 0.25) is 5.02 Å². The van der Waals surface area contributed by atoms with E-state index < -0.39 is 0 Å². The van der Waals surface area contributed by atoms with Gasteiger partial charge in [0.05, 0.1) is 5.02 Å². The van der Waals surface area contributed by atoms with Crippen molar-refractivity contribution in [1.82, 2.24) is 0 Å². The van der Waals surface area contributed by atoms with Crippen LogP contribution in [-0.4, -0.2) is 5.11 Å². The molecule has 2 aromatic rings. The Morgan fingerprint density at radius 2 is 1.82 bits per heavy atom. The van der Waals surface area contributed by atoms with Crippen molar-refractivity contribution < 1.29 is 5.11 Å². The summed E-state index contributed by atoms with van der Waals surface area (Å²) in [6.07, 6.45) is 2.04.